The number of nitrogens with zero attached hydrogens (tertiary/aromatic N) is 1. The van der Waals surface area contributed by atoms with E-state index in [9.17, 15) is 0 Å². The monoisotopic (exact) mass is 203 g/mol. The molecule has 0 aromatic heterocycles. The molecule has 1 aromatic carbocycles. The Labute approximate surface area is 89.6 Å². The summed E-state index contributed by atoms with van der Waals surface area (Å²) < 4.78 is 10.3. The molecule has 0 amide bonds. The lowest BCUT2D eigenvalue weighted by Gasteiger charge is -2.05. The number of ether oxygens (including phenoxy) is 2. The molecule has 3 nitrogen and oxygen atoms in total. The lowest BCUT2D eigenvalue weighted by molar-refractivity contribution is 0.149. The molecule has 0 atom stereocenters. The van der Waals surface area contributed by atoms with Gasteiger partial charge in [-0.25, -0.2) is 0 Å². The van der Waals surface area contributed by atoms with Gasteiger partial charge in [0, 0.05) is 0 Å². The summed E-state index contributed by atoms with van der Waals surface area (Å²) in [5.41, 5.74) is 1.48. The van der Waals surface area contributed by atoms with Gasteiger partial charge in [0.15, 0.2) is 0 Å². The average molecular weight is 203 g/mol. The minimum atomic E-state index is 0.477. The van der Waals surface area contributed by atoms with Crippen LogP contribution in [-0.2, 0) is 11.3 Å². The highest BCUT2D eigenvalue weighted by molar-refractivity contribution is 5.45. The first-order valence-electron chi connectivity index (χ1n) is 4.57. The molecule has 0 aliphatic carbocycles. The molecule has 0 saturated heterocycles. The third-order valence-electron chi connectivity index (χ3n) is 1.89. The summed E-state index contributed by atoms with van der Waals surface area (Å²) in [4.78, 5) is 0. The molecule has 0 N–H and O–H groups in total. The van der Waals surface area contributed by atoms with Gasteiger partial charge in [-0.3, -0.25) is 0 Å². The largest absolute Gasteiger partial charge is 0.495 e. The van der Waals surface area contributed by atoms with Crippen molar-refractivity contribution in [3.05, 3.63) is 42.0 Å². The second-order valence-electron chi connectivity index (χ2n) is 2.95. The van der Waals surface area contributed by atoms with E-state index in [4.69, 9.17) is 14.7 Å². The lowest BCUT2D eigenvalue weighted by atomic mass is 10.1. The van der Waals surface area contributed by atoms with Crippen molar-refractivity contribution in [2.75, 3.05) is 13.7 Å². The second kappa shape index (κ2) is 5.84. The molecule has 15 heavy (non-hydrogen) atoms. The van der Waals surface area contributed by atoms with Crippen LogP contribution in [0.4, 0.5) is 0 Å². The number of nitriles is 1. The van der Waals surface area contributed by atoms with Crippen LogP contribution < -0.4 is 4.74 Å². The van der Waals surface area contributed by atoms with Crippen molar-refractivity contribution in [2.24, 2.45) is 0 Å². The van der Waals surface area contributed by atoms with Gasteiger partial charge in [-0.15, -0.1) is 6.58 Å². The molecule has 1 aromatic rings. The maximum absolute atomic E-state index is 8.86. The van der Waals surface area contributed by atoms with Crippen LogP contribution in [0.2, 0.25) is 0 Å². The normalized spacial score (nSPS) is 9.33. The molecule has 3 heteroatoms. The Balaban J connectivity index is 2.75. The van der Waals surface area contributed by atoms with Gasteiger partial charge in [0.2, 0.25) is 0 Å². The number of hydrogen-bond donors (Lipinski definition) is 0. The van der Waals surface area contributed by atoms with Crippen molar-refractivity contribution < 1.29 is 9.47 Å². The molecule has 0 heterocycles. The number of benzene rings is 1. The SMILES string of the molecule is C=CCOCc1ccc(OC)c(C#N)c1. The lowest BCUT2D eigenvalue weighted by Crippen LogP contribution is -1.95. The Hall–Kier alpha value is -1.79. The smallest absolute Gasteiger partial charge is 0.136 e. The highest BCUT2D eigenvalue weighted by Crippen LogP contribution is 2.19. The van der Waals surface area contributed by atoms with Crippen molar-refractivity contribution in [1.29, 1.82) is 5.26 Å². The summed E-state index contributed by atoms with van der Waals surface area (Å²) >= 11 is 0. The zero-order chi connectivity index (χ0) is 11.1. The van der Waals surface area contributed by atoms with E-state index in [1.165, 1.54) is 0 Å². The fourth-order valence-corrected chi connectivity index (χ4v) is 1.19. The molecular formula is C12H13NO2. The van der Waals surface area contributed by atoms with Gasteiger partial charge in [-0.1, -0.05) is 12.1 Å². The molecule has 78 valence electrons. The second-order valence-corrected chi connectivity index (χ2v) is 2.95. The molecule has 0 saturated carbocycles. The Morgan fingerprint density at radius 2 is 2.33 bits per heavy atom. The molecule has 1 rings (SSSR count). The van der Waals surface area contributed by atoms with E-state index < -0.39 is 0 Å². The number of methoxy groups -OCH3 is 1. The van der Waals surface area contributed by atoms with Crippen LogP contribution in [0.1, 0.15) is 11.1 Å². The first kappa shape index (κ1) is 11.3. The van der Waals surface area contributed by atoms with E-state index in [0.29, 0.717) is 24.5 Å². The van der Waals surface area contributed by atoms with Crippen LogP contribution in [0.5, 0.6) is 5.75 Å². The first-order chi connectivity index (χ1) is 7.31. The standard InChI is InChI=1S/C12H13NO2/c1-3-6-15-9-10-4-5-12(14-2)11(7-10)8-13/h3-5,7H,1,6,9H2,2H3. The third-order valence-corrected chi connectivity index (χ3v) is 1.89. The van der Waals surface area contributed by atoms with Gasteiger partial charge in [-0.05, 0) is 17.7 Å². The summed E-state index contributed by atoms with van der Waals surface area (Å²) in [6, 6.07) is 7.49. The van der Waals surface area contributed by atoms with E-state index in [2.05, 4.69) is 12.6 Å². The summed E-state index contributed by atoms with van der Waals surface area (Å²) in [7, 11) is 1.55. The molecule has 0 unspecified atom stereocenters. The van der Waals surface area contributed by atoms with Crippen molar-refractivity contribution in [2.45, 2.75) is 6.61 Å². The predicted molar refractivity (Wildman–Crippen MR) is 57.6 cm³/mol. The maximum atomic E-state index is 8.86. The van der Waals surface area contributed by atoms with E-state index in [1.54, 1.807) is 25.3 Å². The van der Waals surface area contributed by atoms with Gasteiger partial charge in [0.05, 0.1) is 25.9 Å². The van der Waals surface area contributed by atoms with E-state index in [1.807, 2.05) is 6.07 Å². The average Bonchev–Trinajstić information content (AvgIpc) is 2.29. The molecule has 0 radical (unpaired) electrons. The summed E-state index contributed by atoms with van der Waals surface area (Å²) in [6.45, 7) is 4.54. The molecule has 0 bridgehead atoms. The van der Waals surface area contributed by atoms with Crippen molar-refractivity contribution in [3.8, 4) is 11.8 Å². The van der Waals surface area contributed by atoms with Crippen LogP contribution in [0, 0.1) is 11.3 Å². The van der Waals surface area contributed by atoms with Gasteiger partial charge >= 0.3 is 0 Å². The summed E-state index contributed by atoms with van der Waals surface area (Å²) in [6.07, 6.45) is 1.69. The van der Waals surface area contributed by atoms with E-state index in [0.717, 1.165) is 5.56 Å². The third kappa shape index (κ3) is 3.12. The van der Waals surface area contributed by atoms with Crippen LogP contribution in [0.25, 0.3) is 0 Å². The van der Waals surface area contributed by atoms with Crippen molar-refractivity contribution >= 4 is 0 Å². The fourth-order valence-electron chi connectivity index (χ4n) is 1.19. The zero-order valence-electron chi connectivity index (χ0n) is 8.69. The van der Waals surface area contributed by atoms with Crippen molar-refractivity contribution in [3.63, 3.8) is 0 Å². The van der Waals surface area contributed by atoms with Crippen LogP contribution >= 0.6 is 0 Å². The fraction of sp³-hybridized carbons (Fsp3) is 0.250. The van der Waals surface area contributed by atoms with Gasteiger partial charge in [-0.2, -0.15) is 5.26 Å². The van der Waals surface area contributed by atoms with Gasteiger partial charge < -0.3 is 9.47 Å². The highest BCUT2D eigenvalue weighted by atomic mass is 16.5. The minimum Gasteiger partial charge on any atom is -0.495 e. The topological polar surface area (TPSA) is 42.2 Å². The first-order valence-corrected chi connectivity index (χ1v) is 4.57. The van der Waals surface area contributed by atoms with Gasteiger partial charge in [0.25, 0.3) is 0 Å². The summed E-state index contributed by atoms with van der Waals surface area (Å²) in [5, 5.41) is 8.86. The quantitative estimate of drug-likeness (QED) is 0.544. The molecule has 0 aliphatic heterocycles. The van der Waals surface area contributed by atoms with Crippen LogP contribution in [0.15, 0.2) is 30.9 Å². The molecule has 0 spiro atoms. The minimum absolute atomic E-state index is 0.477. The Bertz CT molecular complexity index is 380. The van der Waals surface area contributed by atoms with Crippen LogP contribution in [-0.4, -0.2) is 13.7 Å². The predicted octanol–water partition coefficient (Wildman–Crippen LogP) is 2.27. The van der Waals surface area contributed by atoms with Crippen LogP contribution in [0.3, 0.4) is 0 Å². The van der Waals surface area contributed by atoms with Gasteiger partial charge in [0.1, 0.15) is 11.8 Å². The maximum Gasteiger partial charge on any atom is 0.136 e. The van der Waals surface area contributed by atoms with E-state index in [-0.39, 0.29) is 0 Å². The zero-order valence-corrected chi connectivity index (χ0v) is 8.69. The molecule has 0 fully saturated rings. The van der Waals surface area contributed by atoms with Crippen molar-refractivity contribution in [1.82, 2.24) is 0 Å². The Kier molecular flexibility index (Phi) is 4.39. The number of rotatable bonds is 5. The molecular weight excluding hydrogens is 190 g/mol. The number of hydrogen-bond acceptors (Lipinski definition) is 3. The van der Waals surface area contributed by atoms with E-state index >= 15 is 0 Å². The highest BCUT2D eigenvalue weighted by Gasteiger charge is 2.03. The Morgan fingerprint density at radius 3 is 2.93 bits per heavy atom. The Morgan fingerprint density at radius 1 is 1.53 bits per heavy atom. The summed E-state index contributed by atoms with van der Waals surface area (Å²) in [5.74, 6) is 0.588. The molecule has 0 aliphatic rings.